The molecule has 11 heavy (non-hydrogen) atoms. The fraction of sp³-hybridized carbons (Fsp3) is 0.333. The molecule has 0 aliphatic rings. The van der Waals surface area contributed by atoms with E-state index in [-0.39, 0.29) is 5.82 Å². The molecule has 2 heteroatoms. The van der Waals surface area contributed by atoms with E-state index in [2.05, 4.69) is 5.32 Å². The number of benzene rings is 1. The van der Waals surface area contributed by atoms with Crippen molar-refractivity contribution in [1.82, 2.24) is 5.32 Å². The molecule has 1 aromatic carbocycles. The normalized spacial score (nSPS) is 10.1. The van der Waals surface area contributed by atoms with Gasteiger partial charge >= 0.3 is 0 Å². The van der Waals surface area contributed by atoms with Crippen molar-refractivity contribution in [2.45, 2.75) is 13.5 Å². The average molecular weight is 153 g/mol. The Morgan fingerprint density at radius 3 is 2.73 bits per heavy atom. The second kappa shape index (κ2) is 3.49. The van der Waals surface area contributed by atoms with Gasteiger partial charge in [0.2, 0.25) is 0 Å². The molecule has 0 aromatic heterocycles. The van der Waals surface area contributed by atoms with Gasteiger partial charge in [-0.2, -0.15) is 0 Å². The third-order valence-corrected chi connectivity index (χ3v) is 1.71. The lowest BCUT2D eigenvalue weighted by Gasteiger charge is -2.04. The first-order valence-corrected chi connectivity index (χ1v) is 3.64. The van der Waals surface area contributed by atoms with Crippen LogP contribution in [0.5, 0.6) is 0 Å². The Balaban J connectivity index is 3.00. The summed E-state index contributed by atoms with van der Waals surface area (Å²) in [7, 11) is 1.81. The molecule has 1 N–H and O–H groups in total. The van der Waals surface area contributed by atoms with Crippen LogP contribution in [0, 0.1) is 12.7 Å². The highest BCUT2D eigenvalue weighted by molar-refractivity contribution is 5.26. The highest BCUT2D eigenvalue weighted by atomic mass is 19.1. The zero-order chi connectivity index (χ0) is 8.27. The van der Waals surface area contributed by atoms with Crippen molar-refractivity contribution in [2.24, 2.45) is 0 Å². The molecule has 0 spiro atoms. The van der Waals surface area contributed by atoms with E-state index in [9.17, 15) is 4.39 Å². The second-order valence-electron chi connectivity index (χ2n) is 2.57. The summed E-state index contributed by atoms with van der Waals surface area (Å²) in [5.74, 6) is -0.126. The number of nitrogens with one attached hydrogen (secondary N) is 1. The first kappa shape index (κ1) is 8.21. The Bertz CT molecular complexity index is 225. The van der Waals surface area contributed by atoms with Gasteiger partial charge in [-0.25, -0.2) is 4.39 Å². The van der Waals surface area contributed by atoms with Gasteiger partial charge in [0.05, 0.1) is 0 Å². The molecule has 0 atom stereocenters. The molecule has 0 saturated carbocycles. The minimum atomic E-state index is -0.126. The van der Waals surface area contributed by atoms with Crippen LogP contribution in [0.15, 0.2) is 18.2 Å². The first-order chi connectivity index (χ1) is 5.25. The van der Waals surface area contributed by atoms with Crippen molar-refractivity contribution < 1.29 is 4.39 Å². The predicted octanol–water partition coefficient (Wildman–Crippen LogP) is 1.85. The van der Waals surface area contributed by atoms with Crippen molar-refractivity contribution >= 4 is 0 Å². The van der Waals surface area contributed by atoms with Gasteiger partial charge in [-0.05, 0) is 25.6 Å². The van der Waals surface area contributed by atoms with Crippen molar-refractivity contribution in [3.8, 4) is 0 Å². The van der Waals surface area contributed by atoms with Gasteiger partial charge < -0.3 is 5.32 Å². The summed E-state index contributed by atoms with van der Waals surface area (Å²) in [6.07, 6.45) is 0. The molecule has 0 unspecified atom stereocenters. The number of hydrogen-bond acceptors (Lipinski definition) is 1. The van der Waals surface area contributed by atoms with Gasteiger partial charge in [-0.1, -0.05) is 12.1 Å². The number of aryl methyl sites for hydroxylation is 1. The summed E-state index contributed by atoms with van der Waals surface area (Å²) in [5, 5.41) is 2.93. The topological polar surface area (TPSA) is 12.0 Å². The molecule has 0 fully saturated rings. The lowest BCUT2D eigenvalue weighted by atomic mass is 10.1. The van der Waals surface area contributed by atoms with E-state index in [1.54, 1.807) is 6.07 Å². The summed E-state index contributed by atoms with van der Waals surface area (Å²) < 4.78 is 13.0. The molecule has 1 aromatic rings. The maximum atomic E-state index is 13.0. The van der Waals surface area contributed by atoms with E-state index in [4.69, 9.17) is 0 Å². The highest BCUT2D eigenvalue weighted by Gasteiger charge is 2.01. The van der Waals surface area contributed by atoms with Gasteiger partial charge in [-0.15, -0.1) is 0 Å². The van der Waals surface area contributed by atoms with Crippen LogP contribution in [0.4, 0.5) is 4.39 Å². The standard InChI is InChI=1S/C9H12FN/c1-7-4-3-5-9(10)8(7)6-11-2/h3-5,11H,6H2,1-2H3. The summed E-state index contributed by atoms with van der Waals surface area (Å²) in [5.41, 5.74) is 1.76. The quantitative estimate of drug-likeness (QED) is 0.683. The monoisotopic (exact) mass is 153 g/mol. The SMILES string of the molecule is CNCc1c(C)cccc1F. The highest BCUT2D eigenvalue weighted by Crippen LogP contribution is 2.11. The molecule has 0 saturated heterocycles. The zero-order valence-corrected chi connectivity index (χ0v) is 6.82. The van der Waals surface area contributed by atoms with Crippen molar-refractivity contribution in [1.29, 1.82) is 0 Å². The van der Waals surface area contributed by atoms with E-state index in [0.29, 0.717) is 6.54 Å². The van der Waals surface area contributed by atoms with Crippen LogP contribution in [0.3, 0.4) is 0 Å². The summed E-state index contributed by atoms with van der Waals surface area (Å²) in [6.45, 7) is 2.51. The minimum Gasteiger partial charge on any atom is -0.316 e. The van der Waals surface area contributed by atoms with Crippen LogP contribution in [-0.2, 0) is 6.54 Å². The second-order valence-corrected chi connectivity index (χ2v) is 2.57. The summed E-state index contributed by atoms with van der Waals surface area (Å²) in [4.78, 5) is 0. The third-order valence-electron chi connectivity index (χ3n) is 1.71. The van der Waals surface area contributed by atoms with E-state index >= 15 is 0 Å². The molecule has 0 radical (unpaired) electrons. The molecule has 0 aliphatic heterocycles. The summed E-state index contributed by atoms with van der Waals surface area (Å²) in [6, 6.07) is 5.12. The van der Waals surface area contributed by atoms with E-state index in [0.717, 1.165) is 11.1 Å². The van der Waals surface area contributed by atoms with E-state index in [1.165, 1.54) is 6.07 Å². The largest absolute Gasteiger partial charge is 0.316 e. The van der Waals surface area contributed by atoms with Crippen LogP contribution in [-0.4, -0.2) is 7.05 Å². The Morgan fingerprint density at radius 2 is 2.18 bits per heavy atom. The Hall–Kier alpha value is -0.890. The fourth-order valence-electron chi connectivity index (χ4n) is 1.07. The number of halogens is 1. The first-order valence-electron chi connectivity index (χ1n) is 3.64. The van der Waals surface area contributed by atoms with Gasteiger partial charge in [0.25, 0.3) is 0 Å². The smallest absolute Gasteiger partial charge is 0.127 e. The Labute approximate surface area is 66.2 Å². The maximum Gasteiger partial charge on any atom is 0.127 e. The molecular weight excluding hydrogens is 141 g/mol. The molecule has 0 amide bonds. The molecule has 1 rings (SSSR count). The molecule has 0 bridgehead atoms. The zero-order valence-electron chi connectivity index (χ0n) is 6.82. The van der Waals surface area contributed by atoms with Crippen LogP contribution >= 0.6 is 0 Å². The van der Waals surface area contributed by atoms with Gasteiger partial charge in [0, 0.05) is 12.1 Å². The van der Waals surface area contributed by atoms with E-state index < -0.39 is 0 Å². The van der Waals surface area contributed by atoms with Crippen molar-refractivity contribution in [3.63, 3.8) is 0 Å². The van der Waals surface area contributed by atoms with Crippen molar-refractivity contribution in [3.05, 3.63) is 35.1 Å². The van der Waals surface area contributed by atoms with Crippen LogP contribution in [0.2, 0.25) is 0 Å². The van der Waals surface area contributed by atoms with Gasteiger partial charge in [0.15, 0.2) is 0 Å². The molecule has 1 nitrogen and oxygen atoms in total. The van der Waals surface area contributed by atoms with Crippen molar-refractivity contribution in [2.75, 3.05) is 7.05 Å². The summed E-state index contributed by atoms with van der Waals surface area (Å²) >= 11 is 0. The molecule has 0 heterocycles. The number of hydrogen-bond donors (Lipinski definition) is 1. The predicted molar refractivity (Wildman–Crippen MR) is 43.9 cm³/mol. The van der Waals surface area contributed by atoms with Crippen LogP contribution in [0.25, 0.3) is 0 Å². The maximum absolute atomic E-state index is 13.0. The van der Waals surface area contributed by atoms with Gasteiger partial charge in [0.1, 0.15) is 5.82 Å². The van der Waals surface area contributed by atoms with Crippen LogP contribution < -0.4 is 5.32 Å². The lowest BCUT2D eigenvalue weighted by Crippen LogP contribution is -2.08. The fourth-order valence-corrected chi connectivity index (χ4v) is 1.07. The Kier molecular flexibility index (Phi) is 2.60. The average Bonchev–Trinajstić information content (AvgIpc) is 1.97. The molecule has 0 aliphatic carbocycles. The Morgan fingerprint density at radius 1 is 1.45 bits per heavy atom. The number of rotatable bonds is 2. The van der Waals surface area contributed by atoms with E-state index in [1.807, 2.05) is 20.0 Å². The lowest BCUT2D eigenvalue weighted by molar-refractivity contribution is 0.598. The molecular formula is C9H12FN. The van der Waals surface area contributed by atoms with Crippen LogP contribution in [0.1, 0.15) is 11.1 Å². The van der Waals surface area contributed by atoms with Gasteiger partial charge in [-0.3, -0.25) is 0 Å². The minimum absolute atomic E-state index is 0.126. The molecule has 60 valence electrons. The third kappa shape index (κ3) is 1.77.